The van der Waals surface area contributed by atoms with Crippen molar-refractivity contribution < 1.29 is 23.1 Å². The van der Waals surface area contributed by atoms with Crippen molar-refractivity contribution >= 4 is 11.8 Å². The van der Waals surface area contributed by atoms with Crippen LogP contribution in [0.15, 0.2) is 48.5 Å². The van der Waals surface area contributed by atoms with Crippen LogP contribution in [0.25, 0.3) is 0 Å². The van der Waals surface area contributed by atoms with E-state index in [1.54, 1.807) is 18.2 Å². The minimum atomic E-state index is -0.732. The van der Waals surface area contributed by atoms with Crippen molar-refractivity contribution in [3.63, 3.8) is 0 Å². The summed E-state index contributed by atoms with van der Waals surface area (Å²) < 4.78 is 33.9. The van der Waals surface area contributed by atoms with Gasteiger partial charge in [-0.25, -0.2) is 8.78 Å². The highest BCUT2D eigenvalue weighted by molar-refractivity contribution is 5.89. The van der Waals surface area contributed by atoms with Crippen molar-refractivity contribution in [1.82, 2.24) is 14.7 Å². The molecule has 2 saturated heterocycles. The Bertz CT molecular complexity index is 1160. The van der Waals surface area contributed by atoms with Gasteiger partial charge in [0, 0.05) is 51.1 Å². The first-order valence-electron chi connectivity index (χ1n) is 14.2. The number of hydrogen-bond acceptors (Lipinski definition) is 4. The third kappa shape index (κ3) is 6.11. The van der Waals surface area contributed by atoms with Crippen LogP contribution in [0.4, 0.5) is 8.78 Å². The lowest BCUT2D eigenvalue weighted by Crippen LogP contribution is -2.56. The quantitative estimate of drug-likeness (QED) is 0.515. The van der Waals surface area contributed by atoms with Crippen LogP contribution in [0.2, 0.25) is 0 Å². The topological polar surface area (TPSA) is 53.1 Å². The van der Waals surface area contributed by atoms with E-state index in [-0.39, 0.29) is 36.5 Å². The molecule has 0 N–H and O–H groups in total. The molecule has 1 saturated carbocycles. The maximum atomic E-state index is 14.3. The van der Waals surface area contributed by atoms with Gasteiger partial charge in [0.05, 0.1) is 12.0 Å². The van der Waals surface area contributed by atoms with Gasteiger partial charge in [0.1, 0.15) is 17.4 Å². The summed E-state index contributed by atoms with van der Waals surface area (Å²) in [4.78, 5) is 33.9. The molecule has 1 atom stereocenters. The summed E-state index contributed by atoms with van der Waals surface area (Å²) in [6.07, 6.45) is 5.05. The Labute approximate surface area is 229 Å². The van der Waals surface area contributed by atoms with Crippen molar-refractivity contribution in [3.8, 4) is 5.75 Å². The molecule has 2 aromatic rings. The smallest absolute Gasteiger partial charge is 0.233 e. The molecule has 210 valence electrons. The molecule has 0 radical (unpaired) electrons. The molecule has 6 nitrogen and oxygen atoms in total. The van der Waals surface area contributed by atoms with E-state index >= 15 is 0 Å². The third-order valence-corrected chi connectivity index (χ3v) is 8.93. The molecule has 5 rings (SSSR count). The molecule has 1 aliphatic carbocycles. The largest absolute Gasteiger partial charge is 0.493 e. The molecule has 2 amide bonds. The highest BCUT2D eigenvalue weighted by atomic mass is 19.1. The van der Waals surface area contributed by atoms with Gasteiger partial charge < -0.3 is 19.4 Å². The molecule has 3 aliphatic rings. The second-order valence-corrected chi connectivity index (χ2v) is 11.7. The van der Waals surface area contributed by atoms with E-state index in [0.717, 1.165) is 44.3 Å². The van der Waals surface area contributed by atoms with Crippen LogP contribution >= 0.6 is 0 Å². The number of hydrogen-bond donors (Lipinski definition) is 0. The fraction of sp³-hybridized carbons (Fsp3) is 0.548. The third-order valence-electron chi connectivity index (χ3n) is 8.93. The molecule has 2 aromatic carbocycles. The first kappa shape index (κ1) is 27.6. The number of carbonyl (C=O) groups excluding carboxylic acids is 2. The standard InChI is InChI=1S/C31H39F2N3O3/c1-34-16-18-35(19-17-34)28(37)21-30(23-39-27-10-8-25(32)9-11-27)12-5-15-36(22-30)29(38)31(13-2-3-14-31)24-6-4-7-26(33)20-24/h4,6-11,20H,2-3,5,12-19,21-23H2,1H3/t30-/m0/s1. The summed E-state index contributed by atoms with van der Waals surface area (Å²) in [6.45, 7) is 4.33. The Kier molecular flexibility index (Phi) is 8.21. The summed E-state index contributed by atoms with van der Waals surface area (Å²) in [6, 6.07) is 12.4. The maximum Gasteiger partial charge on any atom is 0.233 e. The van der Waals surface area contributed by atoms with Crippen LogP contribution in [-0.2, 0) is 15.0 Å². The number of amides is 2. The van der Waals surface area contributed by atoms with E-state index in [0.29, 0.717) is 44.8 Å². The van der Waals surface area contributed by atoms with E-state index in [1.807, 2.05) is 15.9 Å². The lowest BCUT2D eigenvalue weighted by atomic mass is 9.74. The molecule has 3 fully saturated rings. The van der Waals surface area contributed by atoms with Gasteiger partial charge in [-0.2, -0.15) is 0 Å². The number of piperidine rings is 1. The monoisotopic (exact) mass is 539 g/mol. The minimum Gasteiger partial charge on any atom is -0.493 e. The van der Waals surface area contributed by atoms with Crippen LogP contribution in [0, 0.1) is 17.0 Å². The Morgan fingerprint density at radius 2 is 1.56 bits per heavy atom. The number of nitrogens with zero attached hydrogens (tertiary/aromatic N) is 3. The van der Waals surface area contributed by atoms with Crippen LogP contribution in [0.5, 0.6) is 5.75 Å². The normalized spacial score (nSPS) is 23.6. The van der Waals surface area contributed by atoms with E-state index < -0.39 is 10.8 Å². The van der Waals surface area contributed by atoms with E-state index in [9.17, 15) is 18.4 Å². The van der Waals surface area contributed by atoms with Gasteiger partial charge in [-0.15, -0.1) is 0 Å². The second kappa shape index (κ2) is 11.6. The van der Waals surface area contributed by atoms with Crippen molar-refractivity contribution in [2.45, 2.75) is 50.4 Å². The highest BCUT2D eigenvalue weighted by Gasteiger charge is 2.48. The number of piperazine rings is 1. The number of rotatable bonds is 7. The Balaban J connectivity index is 1.39. The van der Waals surface area contributed by atoms with Gasteiger partial charge in [0.25, 0.3) is 0 Å². The van der Waals surface area contributed by atoms with Gasteiger partial charge in [0.2, 0.25) is 11.8 Å². The van der Waals surface area contributed by atoms with Crippen LogP contribution < -0.4 is 4.74 Å². The zero-order valence-corrected chi connectivity index (χ0v) is 22.8. The Morgan fingerprint density at radius 3 is 2.26 bits per heavy atom. The molecular formula is C31H39F2N3O3. The van der Waals surface area contributed by atoms with E-state index in [4.69, 9.17) is 4.74 Å². The van der Waals surface area contributed by atoms with Crippen molar-refractivity contribution in [2.24, 2.45) is 5.41 Å². The minimum absolute atomic E-state index is 0.0310. The molecule has 0 unspecified atom stereocenters. The number of ether oxygens (including phenoxy) is 1. The maximum absolute atomic E-state index is 14.3. The van der Waals surface area contributed by atoms with Gasteiger partial charge >= 0.3 is 0 Å². The Hall–Kier alpha value is -3.00. The number of halogens is 2. The van der Waals surface area contributed by atoms with E-state index in [1.165, 1.54) is 24.3 Å². The molecule has 0 bridgehead atoms. The predicted octanol–water partition coefficient (Wildman–Crippen LogP) is 4.63. The van der Waals surface area contributed by atoms with Gasteiger partial charge in [0.15, 0.2) is 0 Å². The summed E-state index contributed by atoms with van der Waals surface area (Å²) >= 11 is 0. The van der Waals surface area contributed by atoms with Gasteiger partial charge in [-0.3, -0.25) is 9.59 Å². The summed E-state index contributed by atoms with van der Waals surface area (Å²) in [5.74, 6) is -0.0105. The predicted molar refractivity (Wildman–Crippen MR) is 145 cm³/mol. The van der Waals surface area contributed by atoms with Crippen molar-refractivity contribution in [2.75, 3.05) is 52.9 Å². The molecule has 2 aliphatic heterocycles. The molecule has 0 aromatic heterocycles. The highest BCUT2D eigenvalue weighted by Crippen LogP contribution is 2.45. The van der Waals surface area contributed by atoms with Crippen molar-refractivity contribution in [1.29, 1.82) is 0 Å². The van der Waals surface area contributed by atoms with Gasteiger partial charge in [-0.1, -0.05) is 25.0 Å². The molecular weight excluding hydrogens is 500 g/mol. The molecule has 39 heavy (non-hydrogen) atoms. The van der Waals surface area contributed by atoms with Crippen LogP contribution in [0.1, 0.15) is 50.5 Å². The van der Waals surface area contributed by atoms with Crippen molar-refractivity contribution in [3.05, 3.63) is 65.7 Å². The zero-order chi connectivity index (χ0) is 27.5. The van der Waals surface area contributed by atoms with Crippen LogP contribution in [0.3, 0.4) is 0 Å². The fourth-order valence-electron chi connectivity index (χ4n) is 6.64. The molecule has 2 heterocycles. The average molecular weight is 540 g/mol. The summed E-state index contributed by atoms with van der Waals surface area (Å²) in [7, 11) is 2.06. The lowest BCUT2D eigenvalue weighted by Gasteiger charge is -2.46. The molecule has 8 heteroatoms. The van der Waals surface area contributed by atoms with Crippen LogP contribution in [-0.4, -0.2) is 79.4 Å². The summed E-state index contributed by atoms with van der Waals surface area (Å²) in [5, 5.41) is 0. The second-order valence-electron chi connectivity index (χ2n) is 11.7. The number of likely N-dealkylation sites (tertiary alicyclic amines) is 1. The first-order chi connectivity index (χ1) is 18.8. The Morgan fingerprint density at radius 1 is 0.846 bits per heavy atom. The molecule has 0 spiro atoms. The zero-order valence-electron chi connectivity index (χ0n) is 22.8. The fourth-order valence-corrected chi connectivity index (χ4v) is 6.64. The van der Waals surface area contributed by atoms with E-state index in [2.05, 4.69) is 11.9 Å². The lowest BCUT2D eigenvalue weighted by molar-refractivity contribution is -0.146. The number of carbonyl (C=O) groups is 2. The average Bonchev–Trinajstić information content (AvgIpc) is 3.44. The first-order valence-corrected chi connectivity index (χ1v) is 14.2. The summed E-state index contributed by atoms with van der Waals surface area (Å²) in [5.41, 5.74) is -0.549. The van der Waals surface area contributed by atoms with Gasteiger partial charge in [-0.05, 0) is 74.7 Å². The number of likely N-dealkylation sites (N-methyl/N-ethyl adjacent to an activating group) is 1. The SMILES string of the molecule is CN1CCN(C(=O)C[C@@]2(COc3ccc(F)cc3)CCCN(C(=O)C3(c4cccc(F)c4)CCCC3)C2)CC1. The number of benzene rings is 2.